The number of para-hydroxylation sites is 1. The molecule has 2 heterocycles. The van der Waals surface area contributed by atoms with Gasteiger partial charge in [-0.25, -0.2) is 4.39 Å². The van der Waals surface area contributed by atoms with E-state index in [4.69, 9.17) is 9.47 Å². The lowest BCUT2D eigenvalue weighted by molar-refractivity contribution is 0.224. The number of halogens is 1. The molecule has 0 bridgehead atoms. The molecular formula is C18H15FN4O2S. The lowest BCUT2D eigenvalue weighted by atomic mass is 10.3. The minimum absolute atomic E-state index is 0.184. The third-order valence-electron chi connectivity index (χ3n) is 3.66. The molecular weight excluding hydrogens is 355 g/mol. The topological polar surface area (TPSA) is 61.5 Å². The summed E-state index contributed by atoms with van der Waals surface area (Å²) in [5.41, 5.74) is 0. The van der Waals surface area contributed by atoms with Crippen molar-refractivity contribution in [1.82, 2.24) is 19.8 Å². The van der Waals surface area contributed by atoms with E-state index in [0.717, 1.165) is 10.8 Å². The first-order chi connectivity index (χ1) is 12.7. The Morgan fingerprint density at radius 3 is 2.58 bits per heavy atom. The van der Waals surface area contributed by atoms with E-state index in [9.17, 15) is 4.39 Å². The molecule has 0 amide bonds. The summed E-state index contributed by atoms with van der Waals surface area (Å²) in [6.07, 6.45) is -0.213. The maximum Gasteiger partial charge on any atom is 0.234 e. The molecule has 4 rings (SSSR count). The Morgan fingerprint density at radius 2 is 1.81 bits per heavy atom. The lowest BCUT2D eigenvalue weighted by Crippen LogP contribution is -2.06. The van der Waals surface area contributed by atoms with Gasteiger partial charge in [-0.2, -0.15) is 9.61 Å². The van der Waals surface area contributed by atoms with Gasteiger partial charge in [-0.3, -0.25) is 0 Å². The summed E-state index contributed by atoms with van der Waals surface area (Å²) < 4.78 is 26.1. The molecule has 0 aliphatic rings. The molecule has 0 saturated heterocycles. The highest BCUT2D eigenvalue weighted by Gasteiger charge is 2.17. The predicted octanol–water partition coefficient (Wildman–Crippen LogP) is 4.04. The first kappa shape index (κ1) is 16.5. The van der Waals surface area contributed by atoms with Crippen LogP contribution in [0.5, 0.6) is 11.5 Å². The fourth-order valence-corrected chi connectivity index (χ4v) is 3.20. The molecule has 8 heteroatoms. The SMILES string of the molecule is CC(Oc1ccccc1)c1nn2c(COc3ccc(F)cc3)nnc2s1. The van der Waals surface area contributed by atoms with E-state index in [0.29, 0.717) is 16.5 Å². The molecule has 4 aromatic rings. The molecule has 1 atom stereocenters. The van der Waals surface area contributed by atoms with E-state index in [2.05, 4.69) is 15.3 Å². The van der Waals surface area contributed by atoms with Gasteiger partial charge >= 0.3 is 0 Å². The van der Waals surface area contributed by atoms with Crippen LogP contribution in [0.1, 0.15) is 23.9 Å². The standard InChI is InChI=1S/C18H15FN4O2S/c1-12(25-15-5-3-2-4-6-15)17-22-23-16(20-21-18(23)26-17)11-24-14-9-7-13(19)8-10-14/h2-10,12H,11H2,1H3. The molecule has 1 unspecified atom stereocenters. The fourth-order valence-electron chi connectivity index (χ4n) is 2.36. The van der Waals surface area contributed by atoms with Gasteiger partial charge in [0.25, 0.3) is 0 Å². The van der Waals surface area contributed by atoms with Crippen LogP contribution in [0, 0.1) is 5.82 Å². The molecule has 26 heavy (non-hydrogen) atoms. The average molecular weight is 370 g/mol. The number of hydrogen-bond donors (Lipinski definition) is 0. The molecule has 0 saturated carbocycles. The zero-order chi connectivity index (χ0) is 17.9. The van der Waals surface area contributed by atoms with Gasteiger partial charge in [0.05, 0.1) is 0 Å². The summed E-state index contributed by atoms with van der Waals surface area (Å²) in [7, 11) is 0. The number of aromatic nitrogens is 4. The van der Waals surface area contributed by atoms with Crippen molar-refractivity contribution in [2.75, 3.05) is 0 Å². The van der Waals surface area contributed by atoms with Crippen LogP contribution in [-0.2, 0) is 6.61 Å². The van der Waals surface area contributed by atoms with Crippen LogP contribution in [0.25, 0.3) is 4.96 Å². The van der Waals surface area contributed by atoms with E-state index in [-0.39, 0.29) is 18.5 Å². The third-order valence-corrected chi connectivity index (χ3v) is 4.72. The fraction of sp³-hybridized carbons (Fsp3) is 0.167. The van der Waals surface area contributed by atoms with Crippen LogP contribution < -0.4 is 9.47 Å². The number of benzene rings is 2. The Labute approximate surface area is 152 Å². The second kappa shape index (κ2) is 7.09. The Kier molecular flexibility index (Phi) is 4.49. The molecule has 2 aromatic heterocycles. The Morgan fingerprint density at radius 1 is 1.04 bits per heavy atom. The monoisotopic (exact) mass is 370 g/mol. The number of nitrogens with zero attached hydrogens (tertiary/aromatic N) is 4. The van der Waals surface area contributed by atoms with Crippen LogP contribution in [-0.4, -0.2) is 19.8 Å². The molecule has 0 radical (unpaired) electrons. The van der Waals surface area contributed by atoms with E-state index in [1.807, 2.05) is 37.3 Å². The first-order valence-electron chi connectivity index (χ1n) is 8.00. The van der Waals surface area contributed by atoms with E-state index in [1.165, 1.54) is 23.5 Å². The van der Waals surface area contributed by atoms with Gasteiger partial charge in [0, 0.05) is 0 Å². The second-order valence-corrected chi connectivity index (χ2v) is 6.55. The Balaban J connectivity index is 1.48. The second-order valence-electron chi connectivity index (χ2n) is 5.57. The average Bonchev–Trinajstić information content (AvgIpc) is 3.23. The van der Waals surface area contributed by atoms with Gasteiger partial charge in [-0.1, -0.05) is 29.5 Å². The van der Waals surface area contributed by atoms with Gasteiger partial charge < -0.3 is 9.47 Å². The molecule has 0 fully saturated rings. The summed E-state index contributed by atoms with van der Waals surface area (Å²) in [5, 5.41) is 13.6. The Hall–Kier alpha value is -3.00. The van der Waals surface area contributed by atoms with Gasteiger partial charge in [0.2, 0.25) is 4.96 Å². The highest BCUT2D eigenvalue weighted by atomic mass is 32.1. The first-order valence-corrected chi connectivity index (χ1v) is 8.82. The molecule has 0 aliphatic heterocycles. The molecule has 0 spiro atoms. The molecule has 2 aromatic carbocycles. The summed E-state index contributed by atoms with van der Waals surface area (Å²) in [6, 6.07) is 15.4. The van der Waals surface area contributed by atoms with Crippen LogP contribution in [0.4, 0.5) is 4.39 Å². The van der Waals surface area contributed by atoms with Crippen LogP contribution >= 0.6 is 11.3 Å². The smallest absolute Gasteiger partial charge is 0.234 e. The van der Waals surface area contributed by atoms with Crippen molar-refractivity contribution < 1.29 is 13.9 Å². The quantitative estimate of drug-likeness (QED) is 0.512. The van der Waals surface area contributed by atoms with E-state index in [1.54, 1.807) is 16.6 Å². The lowest BCUT2D eigenvalue weighted by Gasteiger charge is -2.11. The van der Waals surface area contributed by atoms with Crippen molar-refractivity contribution in [3.05, 3.63) is 71.2 Å². The third kappa shape index (κ3) is 3.50. The molecule has 0 aliphatic carbocycles. The summed E-state index contributed by atoms with van der Waals surface area (Å²) in [5.74, 6) is 1.60. The molecule has 0 N–H and O–H groups in total. The summed E-state index contributed by atoms with van der Waals surface area (Å²) >= 11 is 1.42. The maximum absolute atomic E-state index is 12.9. The predicted molar refractivity (Wildman–Crippen MR) is 94.9 cm³/mol. The minimum Gasteiger partial charge on any atom is -0.486 e. The van der Waals surface area contributed by atoms with Crippen molar-refractivity contribution in [2.45, 2.75) is 19.6 Å². The van der Waals surface area contributed by atoms with Crippen LogP contribution in [0.3, 0.4) is 0 Å². The van der Waals surface area contributed by atoms with Crippen molar-refractivity contribution in [3.63, 3.8) is 0 Å². The van der Waals surface area contributed by atoms with Gasteiger partial charge in [0.1, 0.15) is 30.0 Å². The number of fused-ring (bicyclic) bond motifs is 1. The highest BCUT2D eigenvalue weighted by molar-refractivity contribution is 7.16. The van der Waals surface area contributed by atoms with Crippen molar-refractivity contribution in [2.24, 2.45) is 0 Å². The largest absolute Gasteiger partial charge is 0.486 e. The van der Waals surface area contributed by atoms with Gasteiger partial charge in [0.15, 0.2) is 10.8 Å². The number of rotatable bonds is 6. The zero-order valence-electron chi connectivity index (χ0n) is 13.9. The van der Waals surface area contributed by atoms with Crippen molar-refractivity contribution in [1.29, 1.82) is 0 Å². The zero-order valence-corrected chi connectivity index (χ0v) is 14.7. The highest BCUT2D eigenvalue weighted by Crippen LogP contribution is 2.25. The molecule has 132 valence electrons. The van der Waals surface area contributed by atoms with Gasteiger partial charge in [-0.05, 0) is 43.3 Å². The summed E-state index contributed by atoms with van der Waals surface area (Å²) in [6.45, 7) is 2.12. The summed E-state index contributed by atoms with van der Waals surface area (Å²) in [4.78, 5) is 0.668. The minimum atomic E-state index is -0.307. The van der Waals surface area contributed by atoms with Crippen molar-refractivity contribution in [3.8, 4) is 11.5 Å². The molecule has 6 nitrogen and oxygen atoms in total. The van der Waals surface area contributed by atoms with E-state index >= 15 is 0 Å². The van der Waals surface area contributed by atoms with E-state index < -0.39 is 0 Å². The number of ether oxygens (including phenoxy) is 2. The normalized spacial score (nSPS) is 12.2. The maximum atomic E-state index is 12.9. The van der Waals surface area contributed by atoms with Crippen molar-refractivity contribution >= 4 is 16.3 Å². The van der Waals surface area contributed by atoms with Crippen LogP contribution in [0.2, 0.25) is 0 Å². The van der Waals surface area contributed by atoms with Crippen LogP contribution in [0.15, 0.2) is 54.6 Å². The van der Waals surface area contributed by atoms with Gasteiger partial charge in [-0.15, -0.1) is 10.2 Å². The number of hydrogen-bond acceptors (Lipinski definition) is 6. The Bertz CT molecular complexity index is 1000.